The number of sulfonamides is 1. The van der Waals surface area contributed by atoms with Crippen molar-refractivity contribution in [3.05, 3.63) is 28.3 Å². The van der Waals surface area contributed by atoms with Crippen LogP contribution in [0.4, 0.5) is 11.4 Å². The van der Waals surface area contributed by atoms with E-state index in [9.17, 15) is 18.5 Å². The highest BCUT2D eigenvalue weighted by Gasteiger charge is 2.47. The number of primary sulfonamides is 1. The number of ether oxygens (including phenoxy) is 1. The second-order valence-corrected chi connectivity index (χ2v) is 8.30. The first-order chi connectivity index (χ1) is 11.2. The van der Waals surface area contributed by atoms with Crippen LogP contribution < -0.4 is 10.0 Å². The molecule has 24 heavy (non-hydrogen) atoms. The predicted molar refractivity (Wildman–Crippen MR) is 88.4 cm³/mol. The normalized spacial score (nSPS) is 20.6. The summed E-state index contributed by atoms with van der Waals surface area (Å²) in [5, 5.41) is 16.4. The number of nitro benzene ring substituents is 1. The molecule has 0 bridgehead atoms. The lowest BCUT2D eigenvalue weighted by Crippen LogP contribution is -2.52. The van der Waals surface area contributed by atoms with Gasteiger partial charge in [-0.15, -0.1) is 0 Å². The average molecular weight is 355 g/mol. The summed E-state index contributed by atoms with van der Waals surface area (Å²) in [5.41, 5.74) is 0.475. The monoisotopic (exact) mass is 355 g/mol. The molecule has 1 aromatic rings. The van der Waals surface area contributed by atoms with E-state index in [2.05, 4.69) is 0 Å². The zero-order chi connectivity index (χ0) is 17.5. The number of anilines is 1. The Morgan fingerprint density at radius 3 is 2.50 bits per heavy atom. The van der Waals surface area contributed by atoms with Gasteiger partial charge in [-0.2, -0.15) is 0 Å². The van der Waals surface area contributed by atoms with Gasteiger partial charge in [-0.1, -0.05) is 0 Å². The third-order valence-corrected chi connectivity index (χ3v) is 6.20. The first kappa shape index (κ1) is 17.1. The highest BCUT2D eigenvalue weighted by Crippen LogP contribution is 2.51. The molecule has 0 radical (unpaired) electrons. The molecule has 1 spiro atoms. The fourth-order valence-electron chi connectivity index (χ4n) is 3.75. The Hall–Kier alpha value is -1.71. The first-order valence-electron chi connectivity index (χ1n) is 7.84. The van der Waals surface area contributed by atoms with Crippen LogP contribution >= 0.6 is 0 Å². The van der Waals surface area contributed by atoms with Crippen molar-refractivity contribution >= 4 is 21.4 Å². The van der Waals surface area contributed by atoms with Crippen LogP contribution in [0.3, 0.4) is 0 Å². The topological polar surface area (TPSA) is 116 Å². The summed E-state index contributed by atoms with van der Waals surface area (Å²) in [6, 6.07) is 4.02. The van der Waals surface area contributed by atoms with Crippen molar-refractivity contribution in [3.63, 3.8) is 0 Å². The Balaban J connectivity index is 1.82. The number of nitrogens with zero attached hydrogens (tertiary/aromatic N) is 2. The van der Waals surface area contributed by atoms with Crippen LogP contribution in [0.15, 0.2) is 23.1 Å². The number of rotatable bonds is 4. The fourth-order valence-corrected chi connectivity index (χ4v) is 4.28. The van der Waals surface area contributed by atoms with Gasteiger partial charge in [-0.25, -0.2) is 13.6 Å². The Kier molecular flexibility index (Phi) is 4.27. The minimum atomic E-state index is -3.97. The minimum absolute atomic E-state index is 0.210. The van der Waals surface area contributed by atoms with Crippen LogP contribution in [0, 0.1) is 15.5 Å². The SMILES string of the molecule is CN(c1ccc(S(N)(=O)=O)cc1[N+](=O)[O-])C1CC2(CCOCC2)C1. The molecular weight excluding hydrogens is 334 g/mol. The fraction of sp³-hybridized carbons (Fsp3) is 0.600. The lowest BCUT2D eigenvalue weighted by atomic mass is 9.61. The maximum Gasteiger partial charge on any atom is 0.293 e. The standard InChI is InChI=1S/C15H21N3O5S/c1-17(11-9-15(10-11)4-6-23-7-5-15)13-3-2-12(24(16,21)22)8-14(13)18(19)20/h2-3,8,11H,4-7,9-10H2,1H3,(H2,16,21,22). The van der Waals surface area contributed by atoms with Gasteiger partial charge in [-0.3, -0.25) is 10.1 Å². The van der Waals surface area contributed by atoms with Gasteiger partial charge in [0, 0.05) is 32.4 Å². The van der Waals surface area contributed by atoms with E-state index in [1.54, 1.807) is 0 Å². The summed E-state index contributed by atoms with van der Waals surface area (Å²) in [7, 11) is -2.16. The maximum absolute atomic E-state index is 11.4. The van der Waals surface area contributed by atoms with E-state index in [1.165, 1.54) is 12.1 Å². The lowest BCUT2D eigenvalue weighted by molar-refractivity contribution is -0.384. The quantitative estimate of drug-likeness (QED) is 0.648. The van der Waals surface area contributed by atoms with Crippen molar-refractivity contribution in [2.75, 3.05) is 25.2 Å². The second-order valence-electron chi connectivity index (χ2n) is 6.74. The van der Waals surface area contributed by atoms with Gasteiger partial charge in [0.25, 0.3) is 5.69 Å². The molecule has 132 valence electrons. The van der Waals surface area contributed by atoms with Crippen LogP contribution in [0.1, 0.15) is 25.7 Å². The van der Waals surface area contributed by atoms with Gasteiger partial charge < -0.3 is 9.64 Å². The highest BCUT2D eigenvalue weighted by molar-refractivity contribution is 7.89. The zero-order valence-corrected chi connectivity index (χ0v) is 14.3. The Bertz CT molecular complexity index is 750. The molecule has 2 fully saturated rings. The number of benzene rings is 1. The molecule has 8 nitrogen and oxygen atoms in total. The molecular formula is C15H21N3O5S. The Labute approximate surface area is 140 Å². The van der Waals surface area contributed by atoms with Gasteiger partial charge in [0.1, 0.15) is 5.69 Å². The number of hydrogen-bond acceptors (Lipinski definition) is 6. The summed E-state index contributed by atoms with van der Waals surface area (Å²) in [5.74, 6) is 0. The molecule has 3 rings (SSSR count). The summed E-state index contributed by atoms with van der Waals surface area (Å²) >= 11 is 0. The lowest BCUT2D eigenvalue weighted by Gasteiger charge is -2.53. The molecule has 2 N–H and O–H groups in total. The van der Waals surface area contributed by atoms with Crippen molar-refractivity contribution in [3.8, 4) is 0 Å². The van der Waals surface area contributed by atoms with E-state index < -0.39 is 14.9 Å². The smallest absolute Gasteiger partial charge is 0.293 e. The molecule has 0 aromatic heterocycles. The summed E-state index contributed by atoms with van der Waals surface area (Å²) < 4.78 is 28.2. The second kappa shape index (κ2) is 5.98. The van der Waals surface area contributed by atoms with Gasteiger partial charge >= 0.3 is 0 Å². The van der Waals surface area contributed by atoms with Crippen molar-refractivity contribution in [1.82, 2.24) is 0 Å². The molecule has 1 aromatic carbocycles. The average Bonchev–Trinajstić information content (AvgIpc) is 2.51. The van der Waals surface area contributed by atoms with Crippen LogP contribution in [-0.4, -0.2) is 39.6 Å². The van der Waals surface area contributed by atoms with Crippen molar-refractivity contribution in [2.45, 2.75) is 36.6 Å². The van der Waals surface area contributed by atoms with Crippen molar-refractivity contribution < 1.29 is 18.1 Å². The van der Waals surface area contributed by atoms with Crippen LogP contribution in [-0.2, 0) is 14.8 Å². The van der Waals surface area contributed by atoms with Crippen LogP contribution in [0.2, 0.25) is 0 Å². The van der Waals surface area contributed by atoms with E-state index in [4.69, 9.17) is 9.88 Å². The Morgan fingerprint density at radius 2 is 1.96 bits per heavy atom. The molecule has 1 aliphatic carbocycles. The van der Waals surface area contributed by atoms with Gasteiger partial charge in [0.15, 0.2) is 0 Å². The van der Waals surface area contributed by atoms with Crippen LogP contribution in [0.5, 0.6) is 0 Å². The zero-order valence-electron chi connectivity index (χ0n) is 13.5. The summed E-state index contributed by atoms with van der Waals surface area (Å²) in [6.45, 7) is 1.55. The summed E-state index contributed by atoms with van der Waals surface area (Å²) in [6.07, 6.45) is 4.01. The molecule has 1 heterocycles. The van der Waals surface area contributed by atoms with Gasteiger partial charge in [0.05, 0.1) is 9.82 Å². The molecule has 1 aliphatic heterocycles. The van der Waals surface area contributed by atoms with E-state index in [0.29, 0.717) is 11.1 Å². The molecule has 0 unspecified atom stereocenters. The Morgan fingerprint density at radius 1 is 1.33 bits per heavy atom. The molecule has 0 atom stereocenters. The molecule has 9 heteroatoms. The summed E-state index contributed by atoms with van der Waals surface area (Å²) in [4.78, 5) is 12.4. The number of nitrogens with two attached hydrogens (primary N) is 1. The third-order valence-electron chi connectivity index (χ3n) is 5.29. The van der Waals surface area contributed by atoms with E-state index in [-0.39, 0.29) is 16.6 Å². The molecule has 2 aliphatic rings. The number of hydrogen-bond donors (Lipinski definition) is 1. The third kappa shape index (κ3) is 3.11. The van der Waals surface area contributed by atoms with Gasteiger partial charge in [0.2, 0.25) is 10.0 Å². The van der Waals surface area contributed by atoms with E-state index in [0.717, 1.165) is 45.0 Å². The van der Waals surface area contributed by atoms with E-state index >= 15 is 0 Å². The van der Waals surface area contributed by atoms with Crippen molar-refractivity contribution in [1.29, 1.82) is 0 Å². The minimum Gasteiger partial charge on any atom is -0.381 e. The van der Waals surface area contributed by atoms with Gasteiger partial charge in [-0.05, 0) is 43.2 Å². The maximum atomic E-state index is 11.4. The predicted octanol–water partition coefficient (Wildman–Crippen LogP) is 1.64. The highest BCUT2D eigenvalue weighted by atomic mass is 32.2. The molecule has 0 amide bonds. The molecule has 1 saturated carbocycles. The van der Waals surface area contributed by atoms with Crippen LogP contribution in [0.25, 0.3) is 0 Å². The van der Waals surface area contributed by atoms with Crippen molar-refractivity contribution in [2.24, 2.45) is 10.6 Å². The molecule has 1 saturated heterocycles. The largest absolute Gasteiger partial charge is 0.381 e. The number of nitro groups is 1. The first-order valence-corrected chi connectivity index (χ1v) is 9.38. The van der Waals surface area contributed by atoms with E-state index in [1.807, 2.05) is 11.9 Å².